The fraction of sp³-hybridized carbons (Fsp3) is 0.625. The van der Waals surface area contributed by atoms with Crippen LogP contribution in [0.4, 0.5) is 4.79 Å². The van der Waals surface area contributed by atoms with Gasteiger partial charge in [0.15, 0.2) is 0 Å². The molecule has 4 nitrogen and oxygen atoms in total. The summed E-state index contributed by atoms with van der Waals surface area (Å²) in [5, 5.41) is 0.151. The third-order valence-corrected chi connectivity index (χ3v) is 11.0. The van der Waals surface area contributed by atoms with E-state index in [4.69, 9.17) is 9.16 Å². The van der Waals surface area contributed by atoms with Gasteiger partial charge in [0.2, 0.25) is 8.32 Å². The Balaban J connectivity index is 1.83. The second-order valence-electron chi connectivity index (χ2n) is 11.0. The van der Waals surface area contributed by atoms with E-state index in [2.05, 4.69) is 64.2 Å². The molecular weight excluding hydrogens is 378 g/mol. The molecule has 3 rings (SSSR count). The van der Waals surface area contributed by atoms with E-state index < -0.39 is 13.9 Å². The molecule has 1 spiro atoms. The van der Waals surface area contributed by atoms with Crippen LogP contribution in [-0.2, 0) is 14.6 Å². The van der Waals surface area contributed by atoms with Crippen LogP contribution in [-0.4, -0.2) is 38.0 Å². The van der Waals surface area contributed by atoms with Crippen LogP contribution in [0, 0.1) is 0 Å². The van der Waals surface area contributed by atoms with Crippen molar-refractivity contribution in [2.75, 3.05) is 13.1 Å². The van der Waals surface area contributed by atoms with E-state index in [-0.39, 0.29) is 16.5 Å². The molecule has 160 valence electrons. The molecule has 1 amide bonds. The SMILES string of the molecule is CC(C)(C)OC(=O)N1CCC2(C=C(O[Si](C)(C)C(C)(C)C)c3ccccc32)CC1. The minimum atomic E-state index is -1.93. The molecule has 0 N–H and O–H groups in total. The van der Waals surface area contributed by atoms with Gasteiger partial charge in [0, 0.05) is 24.1 Å². The first-order valence-electron chi connectivity index (χ1n) is 10.7. The summed E-state index contributed by atoms with van der Waals surface area (Å²) in [7, 11) is -1.93. The van der Waals surface area contributed by atoms with Gasteiger partial charge in [-0.1, -0.05) is 45.0 Å². The van der Waals surface area contributed by atoms with Gasteiger partial charge in [0.25, 0.3) is 0 Å². The van der Waals surface area contributed by atoms with E-state index in [1.165, 1.54) is 11.1 Å². The number of hydrogen-bond acceptors (Lipinski definition) is 3. The molecule has 0 unspecified atom stereocenters. The molecule has 1 aliphatic carbocycles. The number of rotatable bonds is 2. The second-order valence-corrected chi connectivity index (χ2v) is 15.8. The van der Waals surface area contributed by atoms with Crippen molar-refractivity contribution in [1.82, 2.24) is 4.90 Å². The van der Waals surface area contributed by atoms with Crippen molar-refractivity contribution in [2.24, 2.45) is 0 Å². The van der Waals surface area contributed by atoms with E-state index >= 15 is 0 Å². The maximum Gasteiger partial charge on any atom is 0.410 e. The maximum absolute atomic E-state index is 12.5. The maximum atomic E-state index is 12.5. The van der Waals surface area contributed by atoms with E-state index in [0.717, 1.165) is 18.6 Å². The van der Waals surface area contributed by atoms with E-state index in [1.54, 1.807) is 0 Å². The molecule has 1 aromatic carbocycles. The summed E-state index contributed by atoms with van der Waals surface area (Å²) in [6.45, 7) is 18.6. The predicted octanol–water partition coefficient (Wildman–Crippen LogP) is 6.33. The standard InChI is InChI=1S/C24H37NO3Si/c1-22(2,3)27-21(26)25-15-13-24(14-16-25)17-20(18-11-9-10-12-19(18)24)28-29(7,8)23(4,5)6/h9-12,17H,13-16H2,1-8H3. The molecule has 0 bridgehead atoms. The average Bonchev–Trinajstić information content (AvgIpc) is 2.86. The monoisotopic (exact) mass is 415 g/mol. The first-order valence-corrected chi connectivity index (χ1v) is 13.6. The summed E-state index contributed by atoms with van der Waals surface area (Å²) < 4.78 is 12.3. The van der Waals surface area contributed by atoms with Gasteiger partial charge in [-0.2, -0.15) is 0 Å². The zero-order valence-corrected chi connectivity index (χ0v) is 20.4. The number of likely N-dealkylation sites (tertiary alicyclic amines) is 1. The first-order chi connectivity index (χ1) is 13.2. The average molecular weight is 416 g/mol. The lowest BCUT2D eigenvalue weighted by Crippen LogP contribution is -2.45. The predicted molar refractivity (Wildman–Crippen MR) is 121 cm³/mol. The summed E-state index contributed by atoms with van der Waals surface area (Å²) in [6, 6.07) is 8.63. The lowest BCUT2D eigenvalue weighted by Gasteiger charge is -2.39. The van der Waals surface area contributed by atoms with Gasteiger partial charge in [-0.15, -0.1) is 0 Å². The number of allylic oxidation sites excluding steroid dienone is 1. The topological polar surface area (TPSA) is 38.8 Å². The van der Waals surface area contributed by atoms with Crippen LogP contribution in [0.1, 0.15) is 65.5 Å². The van der Waals surface area contributed by atoms with Crippen molar-refractivity contribution in [2.45, 2.75) is 83.5 Å². The van der Waals surface area contributed by atoms with Crippen molar-refractivity contribution in [1.29, 1.82) is 0 Å². The number of hydrogen-bond donors (Lipinski definition) is 0. The lowest BCUT2D eigenvalue weighted by atomic mass is 9.74. The number of carbonyl (C=O) groups is 1. The zero-order valence-electron chi connectivity index (χ0n) is 19.4. The Kier molecular flexibility index (Phi) is 5.44. The van der Waals surface area contributed by atoms with Crippen LogP contribution in [0.2, 0.25) is 18.1 Å². The molecule has 29 heavy (non-hydrogen) atoms. The van der Waals surface area contributed by atoms with E-state index in [0.29, 0.717) is 13.1 Å². The molecule has 0 radical (unpaired) electrons. The van der Waals surface area contributed by atoms with E-state index in [9.17, 15) is 4.79 Å². The van der Waals surface area contributed by atoms with Crippen LogP contribution >= 0.6 is 0 Å². The molecular formula is C24H37NO3Si. The van der Waals surface area contributed by atoms with Crippen LogP contribution < -0.4 is 0 Å². The molecule has 1 saturated heterocycles. The first kappa shape index (κ1) is 21.9. The van der Waals surface area contributed by atoms with Gasteiger partial charge in [-0.25, -0.2) is 4.79 Å². The van der Waals surface area contributed by atoms with Gasteiger partial charge in [-0.3, -0.25) is 0 Å². The summed E-state index contributed by atoms with van der Waals surface area (Å²) in [4.78, 5) is 14.3. The highest BCUT2D eigenvalue weighted by Gasteiger charge is 2.46. The van der Waals surface area contributed by atoms with Gasteiger partial charge < -0.3 is 14.1 Å². The second kappa shape index (κ2) is 7.19. The fourth-order valence-electron chi connectivity index (χ4n) is 3.88. The van der Waals surface area contributed by atoms with Crippen LogP contribution in [0.15, 0.2) is 30.3 Å². The molecule has 0 aromatic heterocycles. The Hall–Kier alpha value is -1.75. The van der Waals surface area contributed by atoms with Crippen molar-refractivity contribution < 1.29 is 14.0 Å². The summed E-state index contributed by atoms with van der Waals surface area (Å²) >= 11 is 0. The number of nitrogens with zero attached hydrogens (tertiary/aromatic N) is 1. The molecule has 1 heterocycles. The normalized spacial score (nSPS) is 19.0. The number of piperidine rings is 1. The molecule has 1 aromatic rings. The molecule has 0 atom stereocenters. The number of carbonyl (C=O) groups excluding carboxylic acids is 1. The highest BCUT2D eigenvalue weighted by Crippen LogP contribution is 2.49. The number of ether oxygens (including phenoxy) is 1. The van der Waals surface area contributed by atoms with Gasteiger partial charge in [-0.05, 0) is 63.4 Å². The van der Waals surface area contributed by atoms with Crippen LogP contribution in [0.25, 0.3) is 5.76 Å². The third kappa shape index (κ3) is 4.40. The quantitative estimate of drug-likeness (QED) is 0.530. The Bertz CT molecular complexity index is 806. The minimum Gasteiger partial charge on any atom is -0.543 e. The third-order valence-electron chi connectivity index (χ3n) is 6.61. The molecule has 1 aliphatic heterocycles. The Morgan fingerprint density at radius 2 is 1.62 bits per heavy atom. The summed E-state index contributed by atoms with van der Waals surface area (Å²) in [5.41, 5.74) is 2.06. The Morgan fingerprint density at radius 1 is 1.03 bits per heavy atom. The highest BCUT2D eigenvalue weighted by molar-refractivity contribution is 6.74. The smallest absolute Gasteiger partial charge is 0.410 e. The fourth-order valence-corrected chi connectivity index (χ4v) is 4.90. The Labute approximate surface area is 177 Å². The Morgan fingerprint density at radius 3 is 2.17 bits per heavy atom. The molecule has 5 heteroatoms. The molecule has 2 aliphatic rings. The molecule has 1 fully saturated rings. The van der Waals surface area contributed by atoms with Crippen molar-refractivity contribution in [3.63, 3.8) is 0 Å². The van der Waals surface area contributed by atoms with Crippen LogP contribution in [0.5, 0.6) is 0 Å². The van der Waals surface area contributed by atoms with Crippen molar-refractivity contribution >= 4 is 20.2 Å². The zero-order chi connectivity index (χ0) is 21.7. The van der Waals surface area contributed by atoms with Crippen molar-refractivity contribution in [3.8, 4) is 0 Å². The molecule has 0 saturated carbocycles. The number of amides is 1. The number of fused-ring (bicyclic) bond motifs is 2. The summed E-state index contributed by atoms with van der Waals surface area (Å²) in [6.07, 6.45) is 3.94. The van der Waals surface area contributed by atoms with Crippen LogP contribution in [0.3, 0.4) is 0 Å². The summed E-state index contributed by atoms with van der Waals surface area (Å²) in [5.74, 6) is 1.04. The van der Waals surface area contributed by atoms with Crippen molar-refractivity contribution in [3.05, 3.63) is 41.5 Å². The van der Waals surface area contributed by atoms with Gasteiger partial charge >= 0.3 is 6.09 Å². The number of benzene rings is 1. The minimum absolute atomic E-state index is 0.0488. The largest absolute Gasteiger partial charge is 0.543 e. The van der Waals surface area contributed by atoms with Gasteiger partial charge in [0.05, 0.1) is 0 Å². The highest BCUT2D eigenvalue weighted by atomic mass is 28.4. The van der Waals surface area contributed by atoms with Gasteiger partial charge in [0.1, 0.15) is 11.4 Å². The van der Waals surface area contributed by atoms with E-state index in [1.807, 2.05) is 25.7 Å². The lowest BCUT2D eigenvalue weighted by molar-refractivity contribution is 0.0184.